The van der Waals surface area contributed by atoms with E-state index in [2.05, 4.69) is 9.83 Å². The number of carbonyl (C=O) groups is 1. The number of aliphatic imine (C=N–C) groups is 1. The van der Waals surface area contributed by atoms with Crippen molar-refractivity contribution < 1.29 is 24.8 Å². The van der Waals surface area contributed by atoms with E-state index >= 15 is 0 Å². The molecule has 0 spiro atoms. The molecule has 8 N–H and O–H groups in total. The van der Waals surface area contributed by atoms with Crippen LogP contribution in [0.4, 0.5) is 0 Å². The maximum atomic E-state index is 11.9. The summed E-state index contributed by atoms with van der Waals surface area (Å²) in [7, 11) is 0. The molecule has 1 atom stereocenters. The van der Waals surface area contributed by atoms with Crippen molar-refractivity contribution in [3.8, 4) is 5.75 Å². The van der Waals surface area contributed by atoms with Gasteiger partial charge in [0.25, 0.3) is 0 Å². The molecular formula is C13H21N5O5. The van der Waals surface area contributed by atoms with Crippen molar-refractivity contribution in [2.24, 2.45) is 22.2 Å². The Labute approximate surface area is 133 Å². The molecule has 1 rings (SSSR count). The first kappa shape index (κ1) is 18.8. The summed E-state index contributed by atoms with van der Waals surface area (Å²) >= 11 is 0. The van der Waals surface area contributed by atoms with E-state index in [-0.39, 0.29) is 18.3 Å². The summed E-state index contributed by atoms with van der Waals surface area (Å²) in [5.74, 6) is -0.318. The van der Waals surface area contributed by atoms with Gasteiger partial charge in [0.2, 0.25) is 0 Å². The minimum Gasteiger partial charge on any atom is -0.425 e. The number of ether oxygens (including phenoxy) is 1. The van der Waals surface area contributed by atoms with Crippen molar-refractivity contribution >= 4 is 11.9 Å². The van der Waals surface area contributed by atoms with Gasteiger partial charge in [-0.25, -0.2) is 9.63 Å². The van der Waals surface area contributed by atoms with Gasteiger partial charge in [-0.2, -0.15) is 0 Å². The zero-order valence-corrected chi connectivity index (χ0v) is 12.5. The molecule has 0 saturated carbocycles. The molecule has 0 aliphatic heterocycles. The minimum atomic E-state index is -0.797. The van der Waals surface area contributed by atoms with Gasteiger partial charge in [-0.05, 0) is 30.5 Å². The van der Waals surface area contributed by atoms with Gasteiger partial charge in [-0.3, -0.25) is 15.4 Å². The summed E-state index contributed by atoms with van der Waals surface area (Å²) in [6.07, 6.45) is 0.924. The highest BCUT2D eigenvalue weighted by Crippen LogP contribution is 2.15. The SMILES string of the molecule is NC(N)=NCCCC(N)C(=O)Oc1cccc(CON(O)O)c1. The van der Waals surface area contributed by atoms with Gasteiger partial charge in [-0.1, -0.05) is 12.1 Å². The third-order valence-electron chi connectivity index (χ3n) is 2.73. The van der Waals surface area contributed by atoms with Crippen LogP contribution >= 0.6 is 0 Å². The first-order valence-corrected chi connectivity index (χ1v) is 6.81. The molecule has 10 heteroatoms. The van der Waals surface area contributed by atoms with Crippen molar-refractivity contribution in [1.82, 2.24) is 5.39 Å². The van der Waals surface area contributed by atoms with Crippen LogP contribution in [0.2, 0.25) is 0 Å². The van der Waals surface area contributed by atoms with Crippen molar-refractivity contribution in [3.05, 3.63) is 29.8 Å². The lowest BCUT2D eigenvalue weighted by molar-refractivity contribution is -0.497. The highest BCUT2D eigenvalue weighted by atomic mass is 17.1. The van der Waals surface area contributed by atoms with Gasteiger partial charge in [0.05, 0.1) is 12.0 Å². The van der Waals surface area contributed by atoms with Crippen LogP contribution in [0.3, 0.4) is 0 Å². The average Bonchev–Trinajstić information content (AvgIpc) is 2.49. The Morgan fingerprint density at radius 2 is 2.09 bits per heavy atom. The van der Waals surface area contributed by atoms with E-state index in [1.807, 2.05) is 0 Å². The predicted molar refractivity (Wildman–Crippen MR) is 80.2 cm³/mol. The van der Waals surface area contributed by atoms with Crippen LogP contribution in [0.15, 0.2) is 29.3 Å². The lowest BCUT2D eigenvalue weighted by atomic mass is 10.1. The van der Waals surface area contributed by atoms with Gasteiger partial charge in [-0.15, -0.1) is 0 Å². The molecular weight excluding hydrogens is 306 g/mol. The van der Waals surface area contributed by atoms with E-state index in [4.69, 9.17) is 32.4 Å². The van der Waals surface area contributed by atoms with Crippen LogP contribution < -0.4 is 21.9 Å². The topological polar surface area (TPSA) is 170 Å². The Bertz CT molecular complexity index is 533. The minimum absolute atomic E-state index is 0.00972. The molecule has 1 aromatic carbocycles. The third-order valence-corrected chi connectivity index (χ3v) is 2.73. The largest absolute Gasteiger partial charge is 0.425 e. The second-order valence-electron chi connectivity index (χ2n) is 4.65. The fourth-order valence-electron chi connectivity index (χ4n) is 1.66. The van der Waals surface area contributed by atoms with Crippen LogP contribution in [0, 0.1) is 0 Å². The van der Waals surface area contributed by atoms with Crippen LogP contribution in [-0.2, 0) is 16.2 Å². The van der Waals surface area contributed by atoms with Crippen LogP contribution in [0.1, 0.15) is 18.4 Å². The summed E-state index contributed by atoms with van der Waals surface area (Å²) in [5.41, 5.74) is 16.7. The molecule has 0 heterocycles. The average molecular weight is 327 g/mol. The highest BCUT2D eigenvalue weighted by Gasteiger charge is 2.15. The predicted octanol–water partition coefficient (Wildman–Crippen LogP) is -0.515. The van der Waals surface area contributed by atoms with Crippen molar-refractivity contribution in [1.29, 1.82) is 0 Å². The number of carbonyl (C=O) groups excluding carboxylic acids is 1. The van der Waals surface area contributed by atoms with Gasteiger partial charge in [0.15, 0.2) is 5.96 Å². The van der Waals surface area contributed by atoms with Crippen molar-refractivity contribution in [2.45, 2.75) is 25.5 Å². The number of rotatable bonds is 9. The Morgan fingerprint density at radius 1 is 1.35 bits per heavy atom. The summed E-state index contributed by atoms with van der Waals surface area (Å²) < 4.78 is 5.16. The smallest absolute Gasteiger partial charge is 0.328 e. The molecule has 10 nitrogen and oxygen atoms in total. The Balaban J connectivity index is 2.46. The van der Waals surface area contributed by atoms with Crippen molar-refractivity contribution in [3.63, 3.8) is 0 Å². The summed E-state index contributed by atoms with van der Waals surface area (Å²) in [5, 5.41) is 16.6. The Morgan fingerprint density at radius 3 is 2.74 bits per heavy atom. The number of hydrogen-bond acceptors (Lipinski definition) is 8. The lowest BCUT2D eigenvalue weighted by Gasteiger charge is -2.12. The van der Waals surface area contributed by atoms with E-state index in [1.165, 1.54) is 6.07 Å². The van der Waals surface area contributed by atoms with Crippen molar-refractivity contribution in [2.75, 3.05) is 6.54 Å². The number of benzene rings is 1. The van der Waals surface area contributed by atoms with Crippen LogP contribution in [0.5, 0.6) is 5.75 Å². The number of hydrogen-bond donors (Lipinski definition) is 5. The first-order valence-electron chi connectivity index (χ1n) is 6.81. The lowest BCUT2D eigenvalue weighted by Crippen LogP contribution is -2.34. The summed E-state index contributed by atoms with van der Waals surface area (Å²) in [4.78, 5) is 20.1. The van der Waals surface area contributed by atoms with Gasteiger partial charge in [0.1, 0.15) is 11.8 Å². The normalized spacial score (nSPS) is 12.0. The zero-order chi connectivity index (χ0) is 17.2. The Hall–Kier alpha value is -2.24. The maximum Gasteiger partial charge on any atom is 0.328 e. The van der Waals surface area contributed by atoms with E-state index < -0.39 is 17.4 Å². The summed E-state index contributed by atoms with van der Waals surface area (Å²) in [6.45, 7) is 0.276. The van der Waals surface area contributed by atoms with E-state index in [9.17, 15) is 4.79 Å². The molecule has 0 radical (unpaired) electrons. The molecule has 1 unspecified atom stereocenters. The third kappa shape index (κ3) is 8.09. The number of esters is 1. The second-order valence-corrected chi connectivity index (χ2v) is 4.65. The number of guanidine groups is 1. The number of nitrogens with zero attached hydrogens (tertiary/aromatic N) is 2. The maximum absolute atomic E-state index is 11.9. The van der Waals surface area contributed by atoms with Gasteiger partial charge < -0.3 is 21.9 Å². The Kier molecular flexibility index (Phi) is 7.94. The first-order chi connectivity index (χ1) is 10.9. The standard InChI is InChI=1S/C13H21N5O5/c14-11(5-2-6-17-13(15)16)12(19)23-10-4-1-3-9(7-10)8-22-18(20)21/h1,3-4,7,11,20-21H,2,5-6,8,14H2,(H4,15,16,17). The molecule has 0 aromatic heterocycles. The van der Waals surface area contributed by atoms with Crippen LogP contribution in [0.25, 0.3) is 0 Å². The molecule has 0 aliphatic carbocycles. The highest BCUT2D eigenvalue weighted by molar-refractivity contribution is 5.78. The molecule has 128 valence electrons. The summed E-state index contributed by atoms with van der Waals surface area (Å²) in [6, 6.07) is 5.59. The molecule has 0 fully saturated rings. The molecule has 0 bridgehead atoms. The van der Waals surface area contributed by atoms with Gasteiger partial charge >= 0.3 is 5.97 Å². The van der Waals surface area contributed by atoms with Gasteiger partial charge in [0, 0.05) is 6.54 Å². The zero-order valence-electron chi connectivity index (χ0n) is 12.5. The quantitative estimate of drug-likeness (QED) is 0.1000. The number of nitrogens with two attached hydrogens (primary N) is 3. The fraction of sp³-hybridized carbons (Fsp3) is 0.385. The van der Waals surface area contributed by atoms with Crippen LogP contribution in [-0.4, -0.2) is 40.3 Å². The molecule has 0 aliphatic rings. The second kappa shape index (κ2) is 9.71. The monoisotopic (exact) mass is 327 g/mol. The molecule has 1 aromatic rings. The van der Waals surface area contributed by atoms with E-state index in [0.717, 1.165) is 0 Å². The molecule has 0 amide bonds. The molecule has 0 saturated heterocycles. The van der Waals surface area contributed by atoms with E-state index in [0.29, 0.717) is 24.9 Å². The van der Waals surface area contributed by atoms with E-state index in [1.54, 1.807) is 18.2 Å². The fourth-order valence-corrected chi connectivity index (χ4v) is 1.66. The molecule has 23 heavy (non-hydrogen) atoms.